The molecule has 0 fully saturated rings. The molecule has 0 bridgehead atoms. The van der Waals surface area contributed by atoms with Crippen LogP contribution < -0.4 is 0 Å². The molecule has 4 heteroatoms. The van der Waals surface area contributed by atoms with E-state index in [2.05, 4.69) is 25.9 Å². The molecule has 0 aliphatic rings. The summed E-state index contributed by atoms with van der Waals surface area (Å²) in [6, 6.07) is 0. The number of rotatable bonds is 6. The molecule has 1 aromatic heterocycles. The number of aromatic nitrogens is 2. The smallest absolute Gasteiger partial charge is 0.0663 e. The van der Waals surface area contributed by atoms with Crippen LogP contribution in [0.4, 0.5) is 0 Å². The van der Waals surface area contributed by atoms with E-state index in [0.717, 1.165) is 18.7 Å². The fourth-order valence-electron chi connectivity index (χ4n) is 1.77. The molecule has 1 aromatic rings. The van der Waals surface area contributed by atoms with Gasteiger partial charge in [0.25, 0.3) is 0 Å². The lowest BCUT2D eigenvalue weighted by atomic mass is 10.1. The zero-order valence-electron chi connectivity index (χ0n) is 9.72. The Morgan fingerprint density at radius 2 is 2.07 bits per heavy atom. The summed E-state index contributed by atoms with van der Waals surface area (Å²) in [6.07, 6.45) is 1.04. The molecule has 86 valence electrons. The van der Waals surface area contributed by atoms with Crippen LogP contribution in [0.15, 0.2) is 0 Å². The molecule has 0 amide bonds. The minimum atomic E-state index is 0.553. The van der Waals surface area contributed by atoms with Gasteiger partial charge in [0.15, 0.2) is 0 Å². The number of aryl methyl sites for hydroxylation is 1. The molecule has 0 saturated heterocycles. The van der Waals surface area contributed by atoms with Gasteiger partial charge in [0.1, 0.15) is 0 Å². The van der Waals surface area contributed by atoms with Gasteiger partial charge in [-0.25, -0.2) is 0 Å². The summed E-state index contributed by atoms with van der Waals surface area (Å²) in [6.45, 7) is 8.43. The van der Waals surface area contributed by atoms with Gasteiger partial charge in [-0.1, -0.05) is 6.92 Å². The molecule has 0 aliphatic carbocycles. The van der Waals surface area contributed by atoms with E-state index in [4.69, 9.17) is 16.3 Å². The summed E-state index contributed by atoms with van der Waals surface area (Å²) < 4.78 is 7.35. The number of hydrogen-bond acceptors (Lipinski definition) is 2. The van der Waals surface area contributed by atoms with E-state index in [1.165, 1.54) is 11.3 Å². The second-order valence-electron chi connectivity index (χ2n) is 3.53. The van der Waals surface area contributed by atoms with Gasteiger partial charge in [-0.05, 0) is 25.8 Å². The van der Waals surface area contributed by atoms with Gasteiger partial charge in [-0.3, -0.25) is 4.68 Å². The average Bonchev–Trinajstić information content (AvgIpc) is 2.49. The fourth-order valence-corrected chi connectivity index (χ4v) is 1.88. The maximum Gasteiger partial charge on any atom is 0.0663 e. The standard InChI is InChI=1S/C11H19ClN2O/c1-4-11-9(2)13-14(10(11)3)6-8-15-7-5-12/h4-8H2,1-3H3. The Kier molecular flexibility index (Phi) is 5.12. The summed E-state index contributed by atoms with van der Waals surface area (Å²) in [5.74, 6) is 0.553. The zero-order chi connectivity index (χ0) is 11.3. The minimum Gasteiger partial charge on any atom is -0.378 e. The van der Waals surface area contributed by atoms with Crippen molar-refractivity contribution in [3.63, 3.8) is 0 Å². The quantitative estimate of drug-likeness (QED) is 0.554. The molecular formula is C11H19ClN2O. The molecule has 1 heterocycles. The third-order valence-corrected chi connectivity index (χ3v) is 2.71. The molecule has 0 aromatic carbocycles. The highest BCUT2D eigenvalue weighted by Gasteiger charge is 2.08. The number of nitrogens with zero attached hydrogens (tertiary/aromatic N) is 2. The van der Waals surface area contributed by atoms with Crippen molar-refractivity contribution in [1.82, 2.24) is 9.78 Å². The maximum absolute atomic E-state index is 5.52. The number of hydrogen-bond donors (Lipinski definition) is 0. The van der Waals surface area contributed by atoms with Gasteiger partial charge in [0.05, 0.1) is 25.5 Å². The van der Waals surface area contributed by atoms with Gasteiger partial charge in [-0.15, -0.1) is 11.6 Å². The van der Waals surface area contributed by atoms with Crippen LogP contribution in [0.25, 0.3) is 0 Å². The highest BCUT2D eigenvalue weighted by Crippen LogP contribution is 2.13. The highest BCUT2D eigenvalue weighted by atomic mass is 35.5. The van der Waals surface area contributed by atoms with E-state index >= 15 is 0 Å². The van der Waals surface area contributed by atoms with Crippen LogP contribution in [0.2, 0.25) is 0 Å². The van der Waals surface area contributed by atoms with Crippen LogP contribution in [0.3, 0.4) is 0 Å². The molecule has 3 nitrogen and oxygen atoms in total. The molecule has 0 spiro atoms. The summed E-state index contributed by atoms with van der Waals surface area (Å²) in [4.78, 5) is 0. The molecule has 0 unspecified atom stereocenters. The molecule has 0 saturated carbocycles. The van der Waals surface area contributed by atoms with E-state index in [1.807, 2.05) is 4.68 Å². The first-order valence-electron chi connectivity index (χ1n) is 5.37. The van der Waals surface area contributed by atoms with E-state index in [-0.39, 0.29) is 0 Å². The lowest BCUT2D eigenvalue weighted by Gasteiger charge is -2.05. The van der Waals surface area contributed by atoms with Gasteiger partial charge < -0.3 is 4.74 Å². The summed E-state index contributed by atoms with van der Waals surface area (Å²) in [5.41, 5.74) is 3.74. The predicted octanol–water partition coefficient (Wildman–Crippen LogP) is 2.32. The summed E-state index contributed by atoms with van der Waals surface area (Å²) >= 11 is 5.52. The van der Waals surface area contributed by atoms with Crippen LogP contribution in [0.5, 0.6) is 0 Å². The van der Waals surface area contributed by atoms with Crippen molar-refractivity contribution in [2.75, 3.05) is 19.1 Å². The third kappa shape index (κ3) is 3.21. The molecule has 0 radical (unpaired) electrons. The fraction of sp³-hybridized carbons (Fsp3) is 0.727. The Morgan fingerprint density at radius 3 is 2.60 bits per heavy atom. The molecule has 0 aliphatic heterocycles. The van der Waals surface area contributed by atoms with Crippen molar-refractivity contribution >= 4 is 11.6 Å². The van der Waals surface area contributed by atoms with Gasteiger partial charge in [0, 0.05) is 11.6 Å². The van der Waals surface area contributed by atoms with E-state index in [9.17, 15) is 0 Å². The van der Waals surface area contributed by atoms with E-state index in [0.29, 0.717) is 19.1 Å². The average molecular weight is 231 g/mol. The SMILES string of the molecule is CCc1c(C)nn(CCOCCCl)c1C. The summed E-state index contributed by atoms with van der Waals surface area (Å²) in [5, 5.41) is 4.48. The van der Waals surface area contributed by atoms with Crippen LogP contribution in [0, 0.1) is 13.8 Å². The Bertz CT molecular complexity index is 310. The largest absolute Gasteiger partial charge is 0.378 e. The first kappa shape index (κ1) is 12.5. The maximum atomic E-state index is 5.52. The minimum absolute atomic E-state index is 0.553. The van der Waals surface area contributed by atoms with Crippen molar-refractivity contribution in [1.29, 1.82) is 0 Å². The van der Waals surface area contributed by atoms with Gasteiger partial charge in [0.2, 0.25) is 0 Å². The first-order chi connectivity index (χ1) is 7.20. The number of halogens is 1. The monoisotopic (exact) mass is 230 g/mol. The Hall–Kier alpha value is -0.540. The zero-order valence-corrected chi connectivity index (χ0v) is 10.5. The van der Waals surface area contributed by atoms with Crippen molar-refractivity contribution in [3.8, 4) is 0 Å². The van der Waals surface area contributed by atoms with Crippen molar-refractivity contribution in [2.45, 2.75) is 33.7 Å². The van der Waals surface area contributed by atoms with Crippen molar-refractivity contribution in [3.05, 3.63) is 17.0 Å². The van der Waals surface area contributed by atoms with E-state index < -0.39 is 0 Å². The summed E-state index contributed by atoms with van der Waals surface area (Å²) in [7, 11) is 0. The lowest BCUT2D eigenvalue weighted by molar-refractivity contribution is 0.137. The highest BCUT2D eigenvalue weighted by molar-refractivity contribution is 6.17. The van der Waals surface area contributed by atoms with Crippen LogP contribution >= 0.6 is 11.6 Å². The molecule has 15 heavy (non-hydrogen) atoms. The Labute approximate surface area is 96.4 Å². The second-order valence-corrected chi connectivity index (χ2v) is 3.91. The number of alkyl halides is 1. The van der Waals surface area contributed by atoms with E-state index in [1.54, 1.807) is 0 Å². The molecule has 0 N–H and O–H groups in total. The van der Waals surface area contributed by atoms with Gasteiger partial charge in [-0.2, -0.15) is 5.10 Å². The third-order valence-electron chi connectivity index (χ3n) is 2.55. The Balaban J connectivity index is 2.54. The first-order valence-corrected chi connectivity index (χ1v) is 5.90. The predicted molar refractivity (Wildman–Crippen MR) is 62.6 cm³/mol. The van der Waals surface area contributed by atoms with Crippen LogP contribution in [-0.4, -0.2) is 28.9 Å². The lowest BCUT2D eigenvalue weighted by Crippen LogP contribution is -2.10. The molecule has 1 rings (SSSR count). The van der Waals surface area contributed by atoms with Crippen molar-refractivity contribution < 1.29 is 4.74 Å². The molecular weight excluding hydrogens is 212 g/mol. The normalized spacial score (nSPS) is 10.9. The van der Waals surface area contributed by atoms with Gasteiger partial charge >= 0.3 is 0 Å². The topological polar surface area (TPSA) is 27.1 Å². The van der Waals surface area contributed by atoms with Crippen LogP contribution in [0.1, 0.15) is 23.9 Å². The Morgan fingerprint density at radius 1 is 1.33 bits per heavy atom. The van der Waals surface area contributed by atoms with Crippen LogP contribution in [-0.2, 0) is 17.7 Å². The van der Waals surface area contributed by atoms with Crippen molar-refractivity contribution in [2.24, 2.45) is 0 Å². The number of ether oxygens (including phenoxy) is 1. The second kappa shape index (κ2) is 6.13. The molecule has 0 atom stereocenters.